The summed E-state index contributed by atoms with van der Waals surface area (Å²) >= 11 is 8.23. The molecule has 0 rings (SSSR count). The summed E-state index contributed by atoms with van der Waals surface area (Å²) in [7, 11) is 0. The molecule has 17 heavy (non-hydrogen) atoms. The molecule has 0 aromatic carbocycles. The summed E-state index contributed by atoms with van der Waals surface area (Å²) in [5, 5.41) is 10.5. The second-order valence-electron chi connectivity index (χ2n) is 4.41. The highest BCUT2D eigenvalue weighted by Crippen LogP contribution is 2.50. The van der Waals surface area contributed by atoms with Crippen LogP contribution < -0.4 is 5.11 Å². The minimum Gasteiger partial charge on any atom is -0.550 e. The van der Waals surface area contributed by atoms with Crippen LogP contribution in [0.2, 0.25) is 0 Å². The fourth-order valence-corrected chi connectivity index (χ4v) is 3.26. The van der Waals surface area contributed by atoms with E-state index in [4.69, 9.17) is 0 Å². The summed E-state index contributed by atoms with van der Waals surface area (Å²) in [6, 6.07) is 0. The summed E-state index contributed by atoms with van der Waals surface area (Å²) in [5.41, 5.74) is -0.850. The van der Waals surface area contributed by atoms with Crippen LogP contribution in [0.25, 0.3) is 0 Å². The van der Waals surface area contributed by atoms with Crippen LogP contribution in [-0.2, 0) is 4.79 Å². The van der Waals surface area contributed by atoms with Crippen LogP contribution in [0.3, 0.4) is 0 Å². The quantitative estimate of drug-likeness (QED) is 0.606. The third kappa shape index (κ3) is 5.46. The number of hydrogen-bond acceptors (Lipinski definition) is 2. The van der Waals surface area contributed by atoms with Gasteiger partial charge in [-0.1, -0.05) is 61.6 Å². The lowest BCUT2D eigenvalue weighted by Gasteiger charge is -2.35. The lowest BCUT2D eigenvalue weighted by Crippen LogP contribution is -2.41. The van der Waals surface area contributed by atoms with Crippen LogP contribution in [-0.4, -0.2) is 20.2 Å². The maximum Gasteiger partial charge on any atom is 0.413 e. The van der Waals surface area contributed by atoms with Crippen LogP contribution in [0.1, 0.15) is 26.7 Å². The van der Waals surface area contributed by atoms with Gasteiger partial charge in [-0.2, -0.15) is 13.2 Å². The maximum absolute atomic E-state index is 12.6. The third-order valence-electron chi connectivity index (χ3n) is 2.30. The maximum atomic E-state index is 12.6. The second kappa shape index (κ2) is 5.77. The van der Waals surface area contributed by atoms with Gasteiger partial charge in [0.2, 0.25) is 0 Å². The Kier molecular flexibility index (Phi) is 6.01. The van der Waals surface area contributed by atoms with Crippen LogP contribution in [0.15, 0.2) is 0 Å². The van der Waals surface area contributed by atoms with E-state index in [1.54, 1.807) is 13.8 Å². The molecule has 0 N–H and O–H groups in total. The summed E-state index contributed by atoms with van der Waals surface area (Å²) in [6.07, 6.45) is -5.15. The SMILES string of the molecule is CC(C)(CC(=O)[O-])C(Br)CC(Br)(Br)C(F)(F)F. The van der Waals surface area contributed by atoms with Crippen molar-refractivity contribution in [3.63, 3.8) is 0 Å². The molecule has 0 fully saturated rings. The van der Waals surface area contributed by atoms with Gasteiger partial charge < -0.3 is 9.90 Å². The van der Waals surface area contributed by atoms with Crippen molar-refractivity contribution < 1.29 is 23.1 Å². The first-order valence-corrected chi connectivity index (χ1v) is 7.08. The van der Waals surface area contributed by atoms with Crippen molar-refractivity contribution in [2.45, 2.75) is 40.9 Å². The molecule has 1 atom stereocenters. The molecule has 0 heterocycles. The van der Waals surface area contributed by atoms with Gasteiger partial charge in [-0.25, -0.2) is 0 Å². The second-order valence-corrected chi connectivity index (χ2v) is 9.29. The summed E-state index contributed by atoms with van der Waals surface area (Å²) in [6.45, 7) is 3.13. The third-order valence-corrected chi connectivity index (χ3v) is 5.41. The number of hydrogen-bond donors (Lipinski definition) is 0. The number of halogens is 6. The van der Waals surface area contributed by atoms with E-state index in [-0.39, 0.29) is 12.8 Å². The number of aliphatic carboxylic acids is 1. The van der Waals surface area contributed by atoms with Crippen molar-refractivity contribution in [1.29, 1.82) is 0 Å². The van der Waals surface area contributed by atoms with Crippen molar-refractivity contribution in [1.82, 2.24) is 0 Å². The molecule has 0 saturated carbocycles. The minimum absolute atomic E-state index is 0.323. The number of alkyl halides is 6. The highest BCUT2D eigenvalue weighted by molar-refractivity contribution is 9.25. The Bertz CT molecular complexity index is 290. The highest BCUT2D eigenvalue weighted by atomic mass is 79.9. The van der Waals surface area contributed by atoms with Crippen LogP contribution in [0, 0.1) is 5.41 Å². The Morgan fingerprint density at radius 1 is 1.29 bits per heavy atom. The normalized spacial score (nSPS) is 15.8. The van der Waals surface area contributed by atoms with E-state index < -0.39 is 25.6 Å². The zero-order valence-electron chi connectivity index (χ0n) is 9.08. The largest absolute Gasteiger partial charge is 0.550 e. The molecule has 2 nitrogen and oxygen atoms in total. The molecule has 0 aromatic heterocycles. The fourth-order valence-electron chi connectivity index (χ4n) is 1.10. The van der Waals surface area contributed by atoms with Gasteiger partial charge >= 0.3 is 6.18 Å². The topological polar surface area (TPSA) is 40.1 Å². The number of carbonyl (C=O) groups is 1. The van der Waals surface area contributed by atoms with Crippen molar-refractivity contribution >= 4 is 53.8 Å². The van der Waals surface area contributed by atoms with Crippen LogP contribution in [0.4, 0.5) is 13.2 Å². The van der Waals surface area contributed by atoms with E-state index in [1.807, 2.05) is 0 Å². The van der Waals surface area contributed by atoms with E-state index in [9.17, 15) is 23.1 Å². The van der Waals surface area contributed by atoms with Gasteiger partial charge in [0, 0.05) is 10.8 Å². The Balaban J connectivity index is 4.75. The monoisotopic (exact) mass is 445 g/mol. The van der Waals surface area contributed by atoms with Crippen molar-refractivity contribution in [2.24, 2.45) is 5.41 Å². The molecule has 1 unspecified atom stereocenters. The lowest BCUT2D eigenvalue weighted by atomic mass is 9.83. The Labute approximate surface area is 123 Å². The Morgan fingerprint density at radius 2 is 1.71 bits per heavy atom. The fraction of sp³-hybridized carbons (Fsp3) is 0.889. The van der Waals surface area contributed by atoms with Crippen LogP contribution in [0.5, 0.6) is 0 Å². The lowest BCUT2D eigenvalue weighted by molar-refractivity contribution is -0.307. The molecular weight excluding hydrogens is 437 g/mol. The average molecular weight is 448 g/mol. The van der Waals surface area contributed by atoms with E-state index in [1.165, 1.54) is 0 Å². The van der Waals surface area contributed by atoms with Crippen LogP contribution >= 0.6 is 47.8 Å². The summed E-state index contributed by atoms with van der Waals surface area (Å²) in [5.74, 6) is -1.29. The number of carboxylic acids is 1. The van der Waals surface area contributed by atoms with Gasteiger partial charge in [0.25, 0.3) is 0 Å². The molecule has 0 aliphatic heterocycles. The van der Waals surface area contributed by atoms with E-state index in [0.717, 1.165) is 0 Å². The smallest absolute Gasteiger partial charge is 0.413 e. The van der Waals surface area contributed by atoms with Gasteiger partial charge in [0.1, 0.15) is 0 Å². The zero-order valence-corrected chi connectivity index (χ0v) is 13.8. The Hall–Kier alpha value is 0.700. The molecule has 0 aliphatic rings. The average Bonchev–Trinajstić information content (AvgIpc) is 1.97. The minimum atomic E-state index is -4.48. The molecule has 0 aromatic rings. The van der Waals surface area contributed by atoms with Gasteiger partial charge in [-0.15, -0.1) is 0 Å². The zero-order chi connectivity index (χ0) is 14.1. The van der Waals surface area contributed by atoms with E-state index >= 15 is 0 Å². The first-order valence-electron chi connectivity index (χ1n) is 4.58. The van der Waals surface area contributed by atoms with E-state index in [2.05, 4.69) is 47.8 Å². The van der Waals surface area contributed by atoms with Gasteiger partial charge in [0.15, 0.2) is 3.23 Å². The number of carbonyl (C=O) groups excluding carboxylic acids is 1. The summed E-state index contributed by atoms with van der Waals surface area (Å²) < 4.78 is 35.6. The van der Waals surface area contributed by atoms with E-state index in [0.29, 0.717) is 0 Å². The van der Waals surface area contributed by atoms with Gasteiger partial charge in [0.05, 0.1) is 0 Å². The molecule has 0 spiro atoms. The molecule has 0 aliphatic carbocycles. The highest BCUT2D eigenvalue weighted by Gasteiger charge is 2.53. The van der Waals surface area contributed by atoms with Gasteiger partial charge in [-0.05, 0) is 18.3 Å². The molecular formula is C9H11Br3F3O2-. The molecule has 102 valence electrons. The molecule has 8 heteroatoms. The summed E-state index contributed by atoms with van der Waals surface area (Å²) in [4.78, 5) is 9.86. The Morgan fingerprint density at radius 3 is 2.00 bits per heavy atom. The first kappa shape index (κ1) is 17.7. The van der Waals surface area contributed by atoms with Crippen molar-refractivity contribution in [3.05, 3.63) is 0 Å². The molecule has 0 amide bonds. The first-order chi connectivity index (χ1) is 7.29. The number of rotatable bonds is 5. The van der Waals surface area contributed by atoms with Gasteiger partial charge in [-0.3, -0.25) is 0 Å². The standard InChI is InChI=1S/C9H12Br3F3O2/c1-7(2,4-6(16)17)5(10)3-8(11,12)9(13,14)15/h5H,3-4H2,1-2H3,(H,16,17)/p-1. The molecule has 0 bridgehead atoms. The number of carboxylic acid groups (broad SMARTS) is 1. The molecule has 0 saturated heterocycles. The molecule has 0 radical (unpaired) electrons. The van der Waals surface area contributed by atoms with Crippen molar-refractivity contribution in [3.8, 4) is 0 Å². The predicted molar refractivity (Wildman–Crippen MR) is 67.4 cm³/mol. The van der Waals surface area contributed by atoms with Crippen molar-refractivity contribution in [2.75, 3.05) is 0 Å². The predicted octanol–water partition coefficient (Wildman–Crippen LogP) is 3.35.